The third-order valence-electron chi connectivity index (χ3n) is 5.12. The van der Waals surface area contributed by atoms with E-state index in [1.165, 1.54) is 27.7 Å². The lowest BCUT2D eigenvalue weighted by Gasteiger charge is -2.38. The van der Waals surface area contributed by atoms with Gasteiger partial charge in [0.05, 0.1) is 6.04 Å². The molecule has 0 radical (unpaired) electrons. The van der Waals surface area contributed by atoms with E-state index >= 15 is 0 Å². The van der Waals surface area contributed by atoms with E-state index in [4.69, 9.17) is 0 Å². The van der Waals surface area contributed by atoms with Gasteiger partial charge in [0.1, 0.15) is 0 Å². The first-order valence-corrected chi connectivity index (χ1v) is 8.64. The van der Waals surface area contributed by atoms with Gasteiger partial charge in [0.25, 0.3) is 0 Å². The van der Waals surface area contributed by atoms with Crippen LogP contribution in [0.5, 0.6) is 0 Å². The van der Waals surface area contributed by atoms with Crippen molar-refractivity contribution in [2.45, 2.75) is 13.0 Å². The molecule has 1 saturated heterocycles. The number of likely N-dealkylation sites (N-methyl/N-ethyl adjacent to an activating group) is 1. The number of aromatic nitrogens is 2. The van der Waals surface area contributed by atoms with Gasteiger partial charge in [0, 0.05) is 60.7 Å². The number of hydrogen-bond donors (Lipinski definition) is 1. The zero-order chi connectivity index (χ0) is 16.5. The van der Waals surface area contributed by atoms with Crippen molar-refractivity contribution >= 4 is 10.9 Å². The van der Waals surface area contributed by atoms with Crippen LogP contribution in [0.25, 0.3) is 10.9 Å². The summed E-state index contributed by atoms with van der Waals surface area (Å²) in [5.41, 5.74) is 5.13. The Balaban J connectivity index is 1.84. The van der Waals surface area contributed by atoms with E-state index in [1.54, 1.807) is 0 Å². The van der Waals surface area contributed by atoms with Crippen molar-refractivity contribution in [2.24, 2.45) is 0 Å². The number of pyridine rings is 1. The zero-order valence-electron chi connectivity index (χ0n) is 14.4. The number of rotatable bonds is 3. The second-order valence-corrected chi connectivity index (χ2v) is 6.74. The normalized spacial score (nSPS) is 18.1. The highest BCUT2D eigenvalue weighted by molar-refractivity contribution is 5.85. The van der Waals surface area contributed by atoms with E-state index in [1.807, 2.05) is 18.5 Å². The molecule has 4 rings (SSSR count). The summed E-state index contributed by atoms with van der Waals surface area (Å²) >= 11 is 0. The van der Waals surface area contributed by atoms with Gasteiger partial charge in [-0.05, 0) is 31.7 Å². The zero-order valence-corrected chi connectivity index (χ0v) is 14.4. The Bertz CT molecular complexity index is 816. The van der Waals surface area contributed by atoms with Gasteiger partial charge >= 0.3 is 0 Å². The summed E-state index contributed by atoms with van der Waals surface area (Å²) in [4.78, 5) is 13.0. The van der Waals surface area contributed by atoms with Crippen LogP contribution in [0.3, 0.4) is 0 Å². The summed E-state index contributed by atoms with van der Waals surface area (Å²) in [7, 11) is 2.20. The first-order chi connectivity index (χ1) is 11.7. The molecule has 1 atom stereocenters. The molecule has 1 N–H and O–H groups in total. The Hall–Kier alpha value is -2.17. The molecule has 3 aromatic rings. The minimum atomic E-state index is 0.253. The van der Waals surface area contributed by atoms with E-state index in [0.717, 1.165) is 26.2 Å². The highest BCUT2D eigenvalue weighted by atomic mass is 15.3. The first-order valence-electron chi connectivity index (χ1n) is 8.64. The van der Waals surface area contributed by atoms with Gasteiger partial charge in [0.15, 0.2) is 0 Å². The molecule has 124 valence electrons. The first kappa shape index (κ1) is 15.4. The number of hydrogen-bond acceptors (Lipinski definition) is 3. The van der Waals surface area contributed by atoms with E-state index in [0.29, 0.717) is 0 Å². The molecule has 0 bridgehead atoms. The smallest absolute Gasteiger partial charge is 0.0641 e. The summed E-state index contributed by atoms with van der Waals surface area (Å²) in [5.74, 6) is 0. The number of nitrogens with zero attached hydrogens (tertiary/aromatic N) is 3. The fraction of sp³-hybridized carbons (Fsp3) is 0.350. The van der Waals surface area contributed by atoms with Crippen LogP contribution >= 0.6 is 0 Å². The quantitative estimate of drug-likeness (QED) is 0.805. The van der Waals surface area contributed by atoms with Crippen molar-refractivity contribution in [1.82, 2.24) is 19.8 Å². The van der Waals surface area contributed by atoms with Crippen LogP contribution in [-0.4, -0.2) is 53.0 Å². The van der Waals surface area contributed by atoms with Gasteiger partial charge in [-0.2, -0.15) is 0 Å². The molecule has 0 aliphatic carbocycles. The maximum absolute atomic E-state index is 4.39. The minimum Gasteiger partial charge on any atom is -0.358 e. The molecule has 3 heterocycles. The molecule has 1 aliphatic heterocycles. The van der Waals surface area contributed by atoms with Gasteiger partial charge in [-0.25, -0.2) is 0 Å². The standard InChI is InChI=1S/C20H24N4/c1-15-19(17-7-3-4-8-18(17)22-15)20(16-6-5-9-21-14-16)24-12-10-23(2)11-13-24/h3-9,14,20,22H,10-13H2,1-2H3/t20-/m1/s1. The molecule has 0 amide bonds. The Morgan fingerprint density at radius 2 is 1.83 bits per heavy atom. The van der Waals surface area contributed by atoms with Crippen LogP contribution in [0.1, 0.15) is 22.9 Å². The number of aromatic amines is 1. The fourth-order valence-corrected chi connectivity index (χ4v) is 3.83. The Labute approximate surface area is 143 Å². The number of benzene rings is 1. The van der Waals surface area contributed by atoms with Crippen LogP contribution in [0.15, 0.2) is 48.8 Å². The molecule has 0 saturated carbocycles. The lowest BCUT2D eigenvalue weighted by molar-refractivity contribution is 0.127. The molecule has 4 heteroatoms. The second-order valence-electron chi connectivity index (χ2n) is 6.74. The lowest BCUT2D eigenvalue weighted by atomic mass is 9.95. The molecular weight excluding hydrogens is 296 g/mol. The van der Waals surface area contributed by atoms with Crippen molar-refractivity contribution in [3.05, 3.63) is 65.6 Å². The van der Waals surface area contributed by atoms with Crippen molar-refractivity contribution < 1.29 is 0 Å². The predicted molar refractivity (Wildman–Crippen MR) is 98.2 cm³/mol. The summed E-state index contributed by atoms with van der Waals surface area (Å²) in [6, 6.07) is 13.1. The van der Waals surface area contributed by atoms with Gasteiger partial charge in [-0.1, -0.05) is 24.3 Å². The monoisotopic (exact) mass is 320 g/mol. The van der Waals surface area contributed by atoms with Gasteiger partial charge in [-0.15, -0.1) is 0 Å². The Kier molecular flexibility index (Phi) is 4.08. The fourth-order valence-electron chi connectivity index (χ4n) is 3.83. The summed E-state index contributed by atoms with van der Waals surface area (Å²) in [6.07, 6.45) is 3.87. The molecule has 24 heavy (non-hydrogen) atoms. The average Bonchev–Trinajstić information content (AvgIpc) is 2.94. The highest BCUT2D eigenvalue weighted by Gasteiger charge is 2.28. The van der Waals surface area contributed by atoms with E-state index in [9.17, 15) is 0 Å². The molecular formula is C20H24N4. The number of fused-ring (bicyclic) bond motifs is 1. The largest absolute Gasteiger partial charge is 0.358 e. The van der Waals surface area contributed by atoms with Crippen LogP contribution in [-0.2, 0) is 0 Å². The van der Waals surface area contributed by atoms with E-state index in [2.05, 4.69) is 64.1 Å². The number of nitrogens with one attached hydrogen (secondary N) is 1. The van der Waals surface area contributed by atoms with Gasteiger partial charge in [-0.3, -0.25) is 9.88 Å². The SMILES string of the molecule is Cc1[nH]c2ccccc2c1[C@@H](c1cccnc1)N1CCN(C)CC1. The Morgan fingerprint density at radius 1 is 1.04 bits per heavy atom. The minimum absolute atomic E-state index is 0.253. The molecule has 1 fully saturated rings. The molecule has 0 unspecified atom stereocenters. The Morgan fingerprint density at radius 3 is 2.58 bits per heavy atom. The average molecular weight is 320 g/mol. The maximum Gasteiger partial charge on any atom is 0.0641 e. The van der Waals surface area contributed by atoms with Gasteiger partial charge < -0.3 is 9.88 Å². The van der Waals surface area contributed by atoms with Crippen molar-refractivity contribution in [3.8, 4) is 0 Å². The number of H-pyrrole nitrogens is 1. The van der Waals surface area contributed by atoms with E-state index in [-0.39, 0.29) is 6.04 Å². The van der Waals surface area contributed by atoms with Crippen molar-refractivity contribution in [1.29, 1.82) is 0 Å². The summed E-state index contributed by atoms with van der Waals surface area (Å²) in [5, 5.41) is 1.32. The third-order valence-corrected chi connectivity index (χ3v) is 5.12. The van der Waals surface area contributed by atoms with Crippen LogP contribution in [0, 0.1) is 6.92 Å². The summed E-state index contributed by atoms with van der Waals surface area (Å²) in [6.45, 7) is 6.56. The number of piperazine rings is 1. The predicted octanol–water partition coefficient (Wildman–Crippen LogP) is 3.21. The number of para-hydroxylation sites is 1. The second kappa shape index (κ2) is 6.38. The lowest BCUT2D eigenvalue weighted by Crippen LogP contribution is -2.46. The molecule has 4 nitrogen and oxygen atoms in total. The van der Waals surface area contributed by atoms with E-state index < -0.39 is 0 Å². The van der Waals surface area contributed by atoms with Gasteiger partial charge in [0.2, 0.25) is 0 Å². The molecule has 0 spiro atoms. The molecule has 1 aliphatic rings. The highest BCUT2D eigenvalue weighted by Crippen LogP contribution is 2.36. The van der Waals surface area contributed by atoms with Crippen molar-refractivity contribution in [2.75, 3.05) is 33.2 Å². The molecule has 1 aromatic carbocycles. The van der Waals surface area contributed by atoms with Crippen LogP contribution < -0.4 is 0 Å². The summed E-state index contributed by atoms with van der Waals surface area (Å²) < 4.78 is 0. The number of aryl methyl sites for hydroxylation is 1. The van der Waals surface area contributed by atoms with Crippen molar-refractivity contribution in [3.63, 3.8) is 0 Å². The molecule has 2 aromatic heterocycles. The van der Waals surface area contributed by atoms with Crippen LogP contribution in [0.2, 0.25) is 0 Å². The third kappa shape index (κ3) is 2.72. The maximum atomic E-state index is 4.39. The van der Waals surface area contributed by atoms with Crippen LogP contribution in [0.4, 0.5) is 0 Å². The topological polar surface area (TPSA) is 35.2 Å².